The Morgan fingerprint density at radius 2 is 0.870 bits per heavy atom. The van der Waals surface area contributed by atoms with Gasteiger partial charge in [-0.3, -0.25) is 4.70 Å². The first kappa shape index (κ1) is 25.3. The summed E-state index contributed by atoms with van der Waals surface area (Å²) in [6.07, 6.45) is 13.5. The second kappa shape index (κ2) is 18.4. The monoisotopic (exact) mass is 352 g/mol. The van der Waals surface area contributed by atoms with Gasteiger partial charge in [0.25, 0.3) is 0 Å². The second-order valence-electron chi connectivity index (χ2n) is 5.91. The van der Waals surface area contributed by atoms with E-state index in [1.54, 1.807) is 0 Å². The Morgan fingerprint density at radius 1 is 0.522 bits per heavy atom. The maximum atomic E-state index is 5.89. The van der Waals surface area contributed by atoms with E-state index in [1.807, 2.05) is 20.8 Å². The molecule has 23 heavy (non-hydrogen) atoms. The summed E-state index contributed by atoms with van der Waals surface area (Å²) in [6, 6.07) is 0.971. The summed E-state index contributed by atoms with van der Waals surface area (Å²) in [5.41, 5.74) is 0. The first-order valence-electron chi connectivity index (χ1n) is 9.66. The molecule has 0 aliphatic rings. The van der Waals surface area contributed by atoms with Crippen LogP contribution in [0.2, 0.25) is 6.04 Å². The van der Waals surface area contributed by atoms with Crippen molar-refractivity contribution in [3.63, 3.8) is 0 Å². The molecule has 5 heteroatoms. The Bertz CT molecular complexity index is 213. The van der Waals surface area contributed by atoms with Crippen molar-refractivity contribution in [2.45, 2.75) is 97.9 Å². The van der Waals surface area contributed by atoms with E-state index in [-0.39, 0.29) is 4.70 Å². The summed E-state index contributed by atoms with van der Waals surface area (Å²) in [6.45, 7) is 10.4. The van der Waals surface area contributed by atoms with E-state index in [0.717, 1.165) is 6.04 Å². The molecule has 0 rings (SSSR count). The van der Waals surface area contributed by atoms with Crippen molar-refractivity contribution < 1.29 is 18.0 Å². The number of rotatable bonds is 17. The van der Waals surface area contributed by atoms with E-state index >= 15 is 0 Å². The highest BCUT2D eigenvalue weighted by Gasteiger charge is 2.39. The van der Waals surface area contributed by atoms with Crippen LogP contribution >= 0.6 is 0 Å². The van der Waals surface area contributed by atoms with E-state index in [2.05, 4.69) is 6.92 Å². The van der Waals surface area contributed by atoms with Crippen molar-refractivity contribution >= 4 is 8.80 Å². The highest BCUT2D eigenvalue weighted by molar-refractivity contribution is 6.60. The standard InChI is InChI=1S/C18H40O3Si.FH/c1-5-9-10-11-12-13-14-15-16-17-18-22(19-6-2,20-7-3)21-8-4;/h5-18H2,1-4H3;1H. The van der Waals surface area contributed by atoms with Crippen molar-refractivity contribution in [1.82, 2.24) is 0 Å². The van der Waals surface area contributed by atoms with Crippen molar-refractivity contribution in [1.29, 1.82) is 0 Å². The normalized spacial score (nSPS) is 11.5. The molecule has 0 aromatic heterocycles. The molecule has 0 aliphatic heterocycles. The molecule has 0 bridgehead atoms. The van der Waals surface area contributed by atoms with Gasteiger partial charge in [0.1, 0.15) is 0 Å². The van der Waals surface area contributed by atoms with Gasteiger partial charge in [-0.1, -0.05) is 64.7 Å². The lowest BCUT2D eigenvalue weighted by Gasteiger charge is -2.28. The summed E-state index contributed by atoms with van der Waals surface area (Å²) < 4.78 is 17.7. The molecule has 0 atom stereocenters. The zero-order valence-electron chi connectivity index (χ0n) is 16.0. The predicted octanol–water partition coefficient (Wildman–Crippen LogP) is 6.11. The smallest absolute Gasteiger partial charge is 0.374 e. The number of halogens is 1. The molecule has 0 saturated carbocycles. The van der Waals surface area contributed by atoms with Gasteiger partial charge in [0, 0.05) is 25.9 Å². The van der Waals surface area contributed by atoms with Crippen LogP contribution in [0, 0.1) is 0 Å². The molecule has 0 fully saturated rings. The maximum absolute atomic E-state index is 5.89. The minimum Gasteiger partial charge on any atom is -0.374 e. The van der Waals surface area contributed by atoms with Gasteiger partial charge >= 0.3 is 8.80 Å². The molecule has 0 aromatic carbocycles. The van der Waals surface area contributed by atoms with E-state index in [1.165, 1.54) is 64.2 Å². The minimum atomic E-state index is -2.39. The lowest BCUT2D eigenvalue weighted by atomic mass is 10.1. The van der Waals surface area contributed by atoms with Gasteiger partial charge < -0.3 is 13.3 Å². The molecule has 0 unspecified atom stereocenters. The van der Waals surface area contributed by atoms with Gasteiger partial charge in [0.2, 0.25) is 0 Å². The average Bonchev–Trinajstić information content (AvgIpc) is 2.50. The predicted molar refractivity (Wildman–Crippen MR) is 99.8 cm³/mol. The van der Waals surface area contributed by atoms with Gasteiger partial charge in [-0.25, -0.2) is 0 Å². The lowest BCUT2D eigenvalue weighted by Crippen LogP contribution is -2.45. The first-order valence-corrected chi connectivity index (χ1v) is 11.6. The molecular weight excluding hydrogens is 311 g/mol. The van der Waals surface area contributed by atoms with Gasteiger partial charge in [0.05, 0.1) is 0 Å². The van der Waals surface area contributed by atoms with Crippen molar-refractivity contribution in [3.05, 3.63) is 0 Å². The summed E-state index contributed by atoms with van der Waals surface area (Å²) in [5.74, 6) is 0. The Labute approximate surface area is 145 Å². The lowest BCUT2D eigenvalue weighted by molar-refractivity contribution is 0.0706. The number of hydrogen-bond acceptors (Lipinski definition) is 3. The van der Waals surface area contributed by atoms with E-state index in [0.29, 0.717) is 19.8 Å². The molecule has 0 aliphatic carbocycles. The van der Waals surface area contributed by atoms with E-state index < -0.39 is 8.80 Å². The van der Waals surface area contributed by atoms with Crippen molar-refractivity contribution in [2.75, 3.05) is 19.8 Å². The number of hydrogen-bond donors (Lipinski definition) is 0. The second-order valence-corrected chi connectivity index (χ2v) is 8.65. The molecule has 0 aromatic rings. The maximum Gasteiger partial charge on any atom is 0.500 e. The molecule has 0 N–H and O–H groups in total. The Balaban J connectivity index is 0. The van der Waals surface area contributed by atoms with E-state index in [4.69, 9.17) is 13.3 Å². The highest BCUT2D eigenvalue weighted by atomic mass is 28.4. The van der Waals surface area contributed by atoms with Gasteiger partial charge in [-0.05, 0) is 27.2 Å². The summed E-state index contributed by atoms with van der Waals surface area (Å²) in [5, 5.41) is 0. The van der Waals surface area contributed by atoms with Crippen molar-refractivity contribution in [3.8, 4) is 0 Å². The van der Waals surface area contributed by atoms with Gasteiger partial charge in [0.15, 0.2) is 0 Å². The molecule has 0 saturated heterocycles. The third kappa shape index (κ3) is 14.1. The SMILES string of the molecule is CCCCCCCCCCCC[Si](OCC)(OCC)OCC.F. The summed E-state index contributed by atoms with van der Waals surface area (Å²) in [7, 11) is -2.39. The van der Waals surface area contributed by atoms with Crippen LogP contribution < -0.4 is 0 Å². The molecular formula is C18H41FO3Si. The summed E-state index contributed by atoms with van der Waals surface area (Å²) >= 11 is 0. The molecule has 3 nitrogen and oxygen atoms in total. The van der Waals surface area contributed by atoms with E-state index in [9.17, 15) is 0 Å². The third-order valence-corrected chi connectivity index (χ3v) is 7.08. The molecule has 142 valence electrons. The number of unbranched alkanes of at least 4 members (excludes halogenated alkanes) is 9. The minimum absolute atomic E-state index is 0. The fourth-order valence-electron chi connectivity index (χ4n) is 2.83. The molecule has 0 spiro atoms. The first-order chi connectivity index (χ1) is 10.7. The Hall–Kier alpha value is 0.0269. The zero-order valence-corrected chi connectivity index (χ0v) is 17.0. The van der Waals surface area contributed by atoms with Crippen LogP contribution in [0.4, 0.5) is 4.70 Å². The van der Waals surface area contributed by atoms with Crippen LogP contribution in [0.25, 0.3) is 0 Å². The Kier molecular flexibility index (Phi) is 20.2. The quantitative estimate of drug-likeness (QED) is 0.233. The van der Waals surface area contributed by atoms with Crippen LogP contribution in [-0.4, -0.2) is 28.6 Å². The fraction of sp³-hybridized carbons (Fsp3) is 1.00. The zero-order chi connectivity index (χ0) is 16.5. The van der Waals surface area contributed by atoms with Crippen LogP contribution in [0.5, 0.6) is 0 Å². The third-order valence-electron chi connectivity index (χ3n) is 3.93. The van der Waals surface area contributed by atoms with Crippen LogP contribution in [-0.2, 0) is 13.3 Å². The Morgan fingerprint density at radius 3 is 1.22 bits per heavy atom. The molecule has 0 amide bonds. The fourth-order valence-corrected chi connectivity index (χ4v) is 5.52. The van der Waals surface area contributed by atoms with Gasteiger partial charge in [-0.2, -0.15) is 0 Å². The van der Waals surface area contributed by atoms with Gasteiger partial charge in [-0.15, -0.1) is 0 Å². The topological polar surface area (TPSA) is 27.7 Å². The average molecular weight is 353 g/mol. The summed E-state index contributed by atoms with van der Waals surface area (Å²) in [4.78, 5) is 0. The van der Waals surface area contributed by atoms with Crippen molar-refractivity contribution in [2.24, 2.45) is 0 Å². The van der Waals surface area contributed by atoms with Crippen LogP contribution in [0.15, 0.2) is 0 Å². The molecule has 0 heterocycles. The highest BCUT2D eigenvalue weighted by Crippen LogP contribution is 2.20. The van der Waals surface area contributed by atoms with Crippen LogP contribution in [0.1, 0.15) is 91.9 Å². The van der Waals surface area contributed by atoms with Crippen LogP contribution in [0.3, 0.4) is 0 Å². The molecule has 0 radical (unpaired) electrons. The largest absolute Gasteiger partial charge is 0.500 e.